The number of rotatable bonds is 8. The number of carbonyl (C=O) groups excluding carboxylic acids is 3. The summed E-state index contributed by atoms with van der Waals surface area (Å²) in [4.78, 5) is 38.0. The summed E-state index contributed by atoms with van der Waals surface area (Å²) in [6.07, 6.45) is 0.272. The number of hydrogen-bond acceptors (Lipinski definition) is 4. The van der Waals surface area contributed by atoms with Gasteiger partial charge in [0.2, 0.25) is 5.91 Å². The van der Waals surface area contributed by atoms with Crippen molar-refractivity contribution in [2.24, 2.45) is 0 Å². The number of aliphatic hydroxyl groups excluding tert-OH is 1. The van der Waals surface area contributed by atoms with Crippen molar-refractivity contribution in [2.45, 2.75) is 31.5 Å². The number of aliphatic hydroxyl groups is 1. The van der Waals surface area contributed by atoms with Crippen LogP contribution in [0.5, 0.6) is 0 Å². The van der Waals surface area contributed by atoms with E-state index in [0.717, 1.165) is 11.1 Å². The quantitative estimate of drug-likeness (QED) is 0.607. The number of amides is 4. The normalized spacial score (nSPS) is 17.3. The van der Waals surface area contributed by atoms with Crippen molar-refractivity contribution in [2.75, 3.05) is 6.61 Å². The fraction of sp³-hybridized carbons (Fsp3) is 0.286. The molecule has 0 radical (unpaired) electrons. The topological polar surface area (TPSA) is 98.7 Å². The minimum atomic E-state index is -0.716. The Balaban J connectivity index is 1.52. The molecule has 28 heavy (non-hydrogen) atoms. The third-order valence-electron chi connectivity index (χ3n) is 4.67. The summed E-state index contributed by atoms with van der Waals surface area (Å²) in [5.74, 6) is -0.616. The highest BCUT2D eigenvalue weighted by Gasteiger charge is 2.37. The highest BCUT2D eigenvalue weighted by atomic mass is 16.3. The molecule has 2 aromatic rings. The van der Waals surface area contributed by atoms with Crippen molar-refractivity contribution >= 4 is 17.8 Å². The van der Waals surface area contributed by atoms with Gasteiger partial charge in [0.1, 0.15) is 6.04 Å². The molecule has 0 saturated carbocycles. The average Bonchev–Trinajstić information content (AvgIpc) is 2.99. The molecule has 1 saturated heterocycles. The van der Waals surface area contributed by atoms with Gasteiger partial charge in [-0.2, -0.15) is 0 Å². The van der Waals surface area contributed by atoms with E-state index in [2.05, 4.69) is 10.6 Å². The van der Waals surface area contributed by atoms with Crippen LogP contribution in [0, 0.1) is 0 Å². The van der Waals surface area contributed by atoms with Crippen LogP contribution < -0.4 is 10.6 Å². The fourth-order valence-electron chi connectivity index (χ4n) is 3.15. The number of urea groups is 1. The van der Waals surface area contributed by atoms with Gasteiger partial charge in [-0.25, -0.2) is 4.79 Å². The van der Waals surface area contributed by atoms with Crippen LogP contribution in [-0.4, -0.2) is 40.5 Å². The Labute approximate surface area is 163 Å². The molecule has 1 heterocycles. The second kappa shape index (κ2) is 9.14. The van der Waals surface area contributed by atoms with Crippen LogP contribution in [0.25, 0.3) is 0 Å². The van der Waals surface area contributed by atoms with E-state index in [1.165, 1.54) is 4.90 Å². The Kier molecular flexibility index (Phi) is 6.39. The van der Waals surface area contributed by atoms with Crippen molar-refractivity contribution in [1.82, 2.24) is 15.5 Å². The highest BCUT2D eigenvalue weighted by molar-refractivity contribution is 6.04. The average molecular weight is 381 g/mol. The molecule has 3 rings (SSSR count). The number of nitrogens with zero attached hydrogens (tertiary/aromatic N) is 1. The monoisotopic (exact) mass is 381 g/mol. The minimum absolute atomic E-state index is 0.0686. The molecule has 1 aliphatic rings. The summed E-state index contributed by atoms with van der Waals surface area (Å²) in [5, 5.41) is 14.9. The molecule has 0 unspecified atom stereocenters. The molecule has 1 aliphatic heterocycles. The molecular formula is C21H23N3O4. The van der Waals surface area contributed by atoms with Crippen molar-refractivity contribution in [3.63, 3.8) is 0 Å². The van der Waals surface area contributed by atoms with Crippen molar-refractivity contribution in [1.29, 1.82) is 0 Å². The minimum Gasteiger partial charge on any atom is -0.394 e. The van der Waals surface area contributed by atoms with E-state index in [1.54, 1.807) is 0 Å². The first-order valence-corrected chi connectivity index (χ1v) is 9.19. The van der Waals surface area contributed by atoms with E-state index in [-0.39, 0.29) is 37.8 Å². The third-order valence-corrected chi connectivity index (χ3v) is 4.67. The van der Waals surface area contributed by atoms with Gasteiger partial charge in [0.05, 0.1) is 19.2 Å². The van der Waals surface area contributed by atoms with Crippen LogP contribution in [0.2, 0.25) is 0 Å². The zero-order valence-electron chi connectivity index (χ0n) is 15.4. The lowest BCUT2D eigenvalue weighted by Gasteiger charge is -2.17. The Morgan fingerprint density at radius 1 is 1.07 bits per heavy atom. The fourth-order valence-corrected chi connectivity index (χ4v) is 3.15. The summed E-state index contributed by atoms with van der Waals surface area (Å²) in [6.45, 7) is -0.0193. The Morgan fingerprint density at radius 3 is 2.36 bits per heavy atom. The lowest BCUT2D eigenvalue weighted by molar-refractivity contribution is -0.128. The third kappa shape index (κ3) is 4.75. The van der Waals surface area contributed by atoms with Gasteiger partial charge in [-0.05, 0) is 17.5 Å². The summed E-state index contributed by atoms with van der Waals surface area (Å²) in [6, 6.07) is 16.8. The van der Waals surface area contributed by atoms with Crippen LogP contribution in [-0.2, 0) is 16.1 Å². The lowest BCUT2D eigenvalue weighted by atomic mass is 10.1. The molecule has 0 aliphatic carbocycles. The molecule has 0 spiro atoms. The van der Waals surface area contributed by atoms with Gasteiger partial charge < -0.3 is 15.7 Å². The lowest BCUT2D eigenvalue weighted by Crippen LogP contribution is -2.34. The summed E-state index contributed by atoms with van der Waals surface area (Å²) in [7, 11) is 0. The SMILES string of the molecule is O=C(CC[C@H]1NC(=O)N(Cc2ccccc2)C1=O)N[C@H](CO)c1ccccc1. The number of hydrogen-bond donors (Lipinski definition) is 3. The van der Waals surface area contributed by atoms with E-state index < -0.39 is 18.1 Å². The number of carbonyl (C=O) groups is 3. The molecule has 7 nitrogen and oxygen atoms in total. The van der Waals surface area contributed by atoms with Gasteiger partial charge in [0, 0.05) is 6.42 Å². The van der Waals surface area contributed by atoms with Crippen LogP contribution in [0.15, 0.2) is 60.7 Å². The molecule has 2 atom stereocenters. The first-order chi connectivity index (χ1) is 13.6. The zero-order chi connectivity index (χ0) is 19.9. The van der Waals surface area contributed by atoms with Crippen LogP contribution in [0.1, 0.15) is 30.0 Å². The molecule has 1 fully saturated rings. The summed E-state index contributed by atoms with van der Waals surface area (Å²) < 4.78 is 0. The smallest absolute Gasteiger partial charge is 0.325 e. The molecule has 3 N–H and O–H groups in total. The standard InChI is InChI=1S/C21H23N3O4/c25-14-18(16-9-5-2-6-10-16)22-19(26)12-11-17-20(27)24(21(28)23-17)13-15-7-3-1-4-8-15/h1-10,17-18,25H,11-14H2,(H,22,26)(H,23,28)/t17-,18-/m1/s1. The molecule has 7 heteroatoms. The summed E-state index contributed by atoms with van der Waals surface area (Å²) >= 11 is 0. The molecule has 2 aromatic carbocycles. The highest BCUT2D eigenvalue weighted by Crippen LogP contribution is 2.16. The molecule has 146 valence electrons. The van der Waals surface area contributed by atoms with Crippen molar-refractivity contribution in [3.05, 3.63) is 71.8 Å². The zero-order valence-corrected chi connectivity index (χ0v) is 15.4. The van der Waals surface area contributed by atoms with E-state index >= 15 is 0 Å². The first kappa shape index (κ1) is 19.6. The Bertz CT molecular complexity index is 826. The van der Waals surface area contributed by atoms with Crippen LogP contribution in [0.3, 0.4) is 0 Å². The van der Waals surface area contributed by atoms with Gasteiger partial charge >= 0.3 is 6.03 Å². The predicted molar refractivity (Wildman–Crippen MR) is 103 cm³/mol. The second-order valence-corrected chi connectivity index (χ2v) is 6.66. The first-order valence-electron chi connectivity index (χ1n) is 9.19. The van der Waals surface area contributed by atoms with Gasteiger partial charge in [-0.1, -0.05) is 60.7 Å². The van der Waals surface area contributed by atoms with Gasteiger partial charge in [-0.3, -0.25) is 14.5 Å². The van der Waals surface area contributed by atoms with Gasteiger partial charge in [-0.15, -0.1) is 0 Å². The van der Waals surface area contributed by atoms with Gasteiger partial charge in [0.25, 0.3) is 5.91 Å². The van der Waals surface area contributed by atoms with Crippen LogP contribution in [0.4, 0.5) is 4.79 Å². The number of nitrogens with one attached hydrogen (secondary N) is 2. The maximum atomic E-state index is 12.5. The van der Waals surface area contributed by atoms with E-state index in [4.69, 9.17) is 0 Å². The maximum absolute atomic E-state index is 12.5. The molecule has 0 bridgehead atoms. The Morgan fingerprint density at radius 2 is 1.71 bits per heavy atom. The predicted octanol–water partition coefficient (Wildman–Crippen LogP) is 1.74. The summed E-state index contributed by atoms with van der Waals surface area (Å²) in [5.41, 5.74) is 1.66. The van der Waals surface area contributed by atoms with E-state index in [0.29, 0.717) is 0 Å². The van der Waals surface area contributed by atoms with E-state index in [1.807, 2.05) is 60.7 Å². The largest absolute Gasteiger partial charge is 0.394 e. The number of imide groups is 1. The molecule has 0 aromatic heterocycles. The number of benzene rings is 2. The van der Waals surface area contributed by atoms with Gasteiger partial charge in [0.15, 0.2) is 0 Å². The van der Waals surface area contributed by atoms with Crippen molar-refractivity contribution in [3.8, 4) is 0 Å². The van der Waals surface area contributed by atoms with Crippen molar-refractivity contribution < 1.29 is 19.5 Å². The van der Waals surface area contributed by atoms with Crippen LogP contribution >= 0.6 is 0 Å². The Hall–Kier alpha value is -3.19. The second-order valence-electron chi connectivity index (χ2n) is 6.66. The van der Waals surface area contributed by atoms with E-state index in [9.17, 15) is 19.5 Å². The maximum Gasteiger partial charge on any atom is 0.325 e. The molecule has 4 amide bonds. The molecular weight excluding hydrogens is 358 g/mol.